The van der Waals surface area contributed by atoms with Gasteiger partial charge in [-0.1, -0.05) is 104 Å². The van der Waals surface area contributed by atoms with Crippen molar-refractivity contribution >= 4 is 5.71 Å². The zero-order valence-electron chi connectivity index (χ0n) is 23.9. The van der Waals surface area contributed by atoms with Gasteiger partial charge in [-0.25, -0.2) is 0 Å². The summed E-state index contributed by atoms with van der Waals surface area (Å²) in [6.07, 6.45) is 14.9. The molecular weight excluding hydrogens is 388 g/mol. The molecule has 0 aliphatic heterocycles. The predicted molar refractivity (Wildman–Crippen MR) is 152 cm³/mol. The second-order valence-electron chi connectivity index (χ2n) is 9.36. The van der Waals surface area contributed by atoms with E-state index < -0.39 is 0 Å². The van der Waals surface area contributed by atoms with Gasteiger partial charge in [0.25, 0.3) is 0 Å². The van der Waals surface area contributed by atoms with Gasteiger partial charge in [-0.05, 0) is 63.9 Å². The Bertz CT molecular complexity index is 517. The molecule has 1 rings (SSSR count). The summed E-state index contributed by atoms with van der Waals surface area (Å²) in [6.45, 7) is 26.8. The Kier molecular flexibility index (Phi) is 26.8. The zero-order valence-corrected chi connectivity index (χ0v) is 23.9. The molecular formula is C30H60N2. The summed E-state index contributed by atoms with van der Waals surface area (Å²) < 4.78 is 0. The van der Waals surface area contributed by atoms with E-state index in [9.17, 15) is 0 Å². The van der Waals surface area contributed by atoms with Crippen LogP contribution in [0.4, 0.5) is 0 Å². The van der Waals surface area contributed by atoms with Gasteiger partial charge in [0.15, 0.2) is 0 Å². The fourth-order valence-corrected chi connectivity index (χ4v) is 3.31. The maximum absolute atomic E-state index is 5.97. The standard InChI is InChI=1S/C13H24N2.C8H16.C7H14.C2H6/c1-9(2)7-8-10(3)11(4)13(14)12(5)15-6;1-2-8-6-4-3-5-7-8;1-4-5-6-7(2)3;1-2/h9H,3,7-8,14H2,1-2,4-6H3;8H,2-7H2,1H3;2,4-6H2,1,3H3;1-2H3/b13-11+,15-12?;;;. The highest BCUT2D eigenvalue weighted by molar-refractivity contribution is 5.98. The number of hydrogen-bond donors (Lipinski definition) is 1. The van der Waals surface area contributed by atoms with Crippen molar-refractivity contribution in [2.75, 3.05) is 7.05 Å². The summed E-state index contributed by atoms with van der Waals surface area (Å²) >= 11 is 0. The molecule has 0 radical (unpaired) electrons. The van der Waals surface area contributed by atoms with Gasteiger partial charge < -0.3 is 5.73 Å². The Morgan fingerprint density at radius 2 is 1.50 bits per heavy atom. The molecule has 2 N–H and O–H groups in total. The number of nitrogens with two attached hydrogens (primary N) is 1. The third kappa shape index (κ3) is 21.9. The van der Waals surface area contributed by atoms with Gasteiger partial charge >= 0.3 is 0 Å². The SMILES string of the molecule is C=C(C)CCCC.C=C(CCC(C)C)/C(C)=C(/N)C(C)=NC.CC.CCC1CCCCC1. The molecule has 2 nitrogen and oxygen atoms in total. The van der Waals surface area contributed by atoms with E-state index in [1.165, 1.54) is 63.4 Å². The summed E-state index contributed by atoms with van der Waals surface area (Å²) in [5, 5.41) is 0. The van der Waals surface area contributed by atoms with Gasteiger partial charge in [-0.3, -0.25) is 4.99 Å². The number of aliphatic imine (C=N–C) groups is 1. The van der Waals surface area contributed by atoms with Gasteiger partial charge in [0.05, 0.1) is 11.4 Å². The fourth-order valence-electron chi connectivity index (χ4n) is 3.31. The van der Waals surface area contributed by atoms with Crippen molar-refractivity contribution in [3.8, 4) is 0 Å². The van der Waals surface area contributed by atoms with Crippen molar-refractivity contribution in [1.29, 1.82) is 0 Å². The van der Waals surface area contributed by atoms with Crippen LogP contribution in [0.3, 0.4) is 0 Å². The van der Waals surface area contributed by atoms with Crippen LogP contribution < -0.4 is 5.73 Å². The van der Waals surface area contributed by atoms with Crippen LogP contribution in [-0.2, 0) is 0 Å². The Morgan fingerprint density at radius 3 is 1.81 bits per heavy atom. The Morgan fingerprint density at radius 1 is 0.969 bits per heavy atom. The van der Waals surface area contributed by atoms with E-state index in [2.05, 4.69) is 52.8 Å². The lowest BCUT2D eigenvalue weighted by Gasteiger charge is -2.18. The highest BCUT2D eigenvalue weighted by atomic mass is 14.7. The van der Waals surface area contributed by atoms with Gasteiger partial charge in [0.2, 0.25) is 0 Å². The van der Waals surface area contributed by atoms with Crippen LogP contribution in [0.2, 0.25) is 0 Å². The van der Waals surface area contributed by atoms with Crippen LogP contribution >= 0.6 is 0 Å². The number of nitrogens with zero attached hydrogens (tertiary/aromatic N) is 1. The number of hydrogen-bond acceptors (Lipinski definition) is 2. The first-order chi connectivity index (χ1) is 15.1. The molecule has 1 fully saturated rings. The average molecular weight is 449 g/mol. The lowest BCUT2D eigenvalue weighted by Crippen LogP contribution is -2.11. The third-order valence-electron chi connectivity index (χ3n) is 5.94. The zero-order chi connectivity index (χ0) is 25.5. The minimum absolute atomic E-state index is 0.705. The molecule has 0 bridgehead atoms. The first-order valence-electron chi connectivity index (χ1n) is 13.3. The molecule has 0 aromatic carbocycles. The first-order valence-corrected chi connectivity index (χ1v) is 13.3. The van der Waals surface area contributed by atoms with Crippen LogP contribution in [-0.4, -0.2) is 12.8 Å². The molecule has 2 heteroatoms. The molecule has 0 unspecified atom stereocenters. The van der Waals surface area contributed by atoms with Crippen molar-refractivity contribution in [1.82, 2.24) is 0 Å². The van der Waals surface area contributed by atoms with Crippen molar-refractivity contribution in [2.45, 2.75) is 133 Å². The summed E-state index contributed by atoms with van der Waals surface area (Å²) in [5.41, 5.74) is 11.1. The Balaban J connectivity index is -0.000000415. The van der Waals surface area contributed by atoms with E-state index in [-0.39, 0.29) is 0 Å². The van der Waals surface area contributed by atoms with Crippen LogP contribution in [0.5, 0.6) is 0 Å². The quantitative estimate of drug-likeness (QED) is 0.212. The van der Waals surface area contributed by atoms with E-state index in [1.807, 2.05) is 27.7 Å². The first kappa shape index (κ1) is 35.3. The molecule has 0 heterocycles. The predicted octanol–water partition coefficient (Wildman–Crippen LogP) is 10.1. The molecule has 0 aromatic rings. The van der Waals surface area contributed by atoms with Gasteiger partial charge in [-0.15, -0.1) is 6.58 Å². The summed E-state index contributed by atoms with van der Waals surface area (Å²) in [6, 6.07) is 0. The Labute approximate surface area is 204 Å². The Hall–Kier alpha value is -1.31. The molecule has 32 heavy (non-hydrogen) atoms. The lowest BCUT2D eigenvalue weighted by molar-refractivity contribution is 0.349. The molecule has 0 aromatic heterocycles. The molecule has 0 spiro atoms. The molecule has 1 saturated carbocycles. The molecule has 0 amide bonds. The molecule has 1 aliphatic carbocycles. The summed E-state index contributed by atoms with van der Waals surface area (Å²) in [4.78, 5) is 4.08. The topological polar surface area (TPSA) is 38.4 Å². The van der Waals surface area contributed by atoms with Crippen molar-refractivity contribution in [3.63, 3.8) is 0 Å². The van der Waals surface area contributed by atoms with Gasteiger partial charge in [-0.2, -0.15) is 0 Å². The number of rotatable bonds is 9. The average Bonchev–Trinajstić information content (AvgIpc) is 2.82. The monoisotopic (exact) mass is 448 g/mol. The smallest absolute Gasteiger partial charge is 0.0557 e. The molecule has 0 saturated heterocycles. The highest BCUT2D eigenvalue weighted by Gasteiger charge is 2.09. The van der Waals surface area contributed by atoms with E-state index in [1.54, 1.807) is 7.05 Å². The number of unbranched alkanes of at least 4 members (excludes halogenated alkanes) is 1. The molecule has 190 valence electrons. The second-order valence-corrected chi connectivity index (χ2v) is 9.36. The minimum atomic E-state index is 0.705. The number of allylic oxidation sites excluding steroid dienone is 4. The van der Waals surface area contributed by atoms with Crippen LogP contribution in [0.1, 0.15) is 133 Å². The second kappa shape index (κ2) is 24.3. The minimum Gasteiger partial charge on any atom is -0.397 e. The largest absolute Gasteiger partial charge is 0.397 e. The maximum Gasteiger partial charge on any atom is 0.0557 e. The third-order valence-corrected chi connectivity index (χ3v) is 5.94. The van der Waals surface area contributed by atoms with Gasteiger partial charge in [0, 0.05) is 7.05 Å². The fraction of sp³-hybridized carbons (Fsp3) is 0.767. The van der Waals surface area contributed by atoms with E-state index in [0.717, 1.165) is 41.3 Å². The van der Waals surface area contributed by atoms with Crippen molar-refractivity contribution in [2.24, 2.45) is 22.6 Å². The molecule has 0 atom stereocenters. The van der Waals surface area contributed by atoms with Gasteiger partial charge in [0.1, 0.15) is 0 Å². The van der Waals surface area contributed by atoms with E-state index >= 15 is 0 Å². The normalized spacial score (nSPS) is 14.7. The van der Waals surface area contributed by atoms with Crippen LogP contribution in [0.25, 0.3) is 0 Å². The van der Waals surface area contributed by atoms with Crippen molar-refractivity contribution < 1.29 is 0 Å². The highest BCUT2D eigenvalue weighted by Crippen LogP contribution is 2.25. The maximum atomic E-state index is 5.97. The van der Waals surface area contributed by atoms with Crippen LogP contribution in [0.15, 0.2) is 40.6 Å². The molecule has 1 aliphatic rings. The lowest BCUT2D eigenvalue weighted by atomic mass is 9.88. The summed E-state index contributed by atoms with van der Waals surface area (Å²) in [7, 11) is 1.76. The van der Waals surface area contributed by atoms with E-state index in [0.29, 0.717) is 5.92 Å². The summed E-state index contributed by atoms with van der Waals surface area (Å²) in [5.74, 6) is 1.79. The van der Waals surface area contributed by atoms with Crippen LogP contribution in [0, 0.1) is 11.8 Å². The van der Waals surface area contributed by atoms with E-state index in [4.69, 9.17) is 5.73 Å². The van der Waals surface area contributed by atoms with Crippen molar-refractivity contribution in [3.05, 3.63) is 35.6 Å².